The Labute approximate surface area is 78.7 Å². The number of hydrogen-bond donors (Lipinski definition) is 3. The van der Waals surface area contributed by atoms with E-state index >= 15 is 0 Å². The second-order valence-electron chi connectivity index (χ2n) is 5.61. The molecule has 4 aliphatic carbocycles. The van der Waals surface area contributed by atoms with Crippen LogP contribution in [0.25, 0.3) is 0 Å². The van der Waals surface area contributed by atoms with Gasteiger partial charge in [-0.15, -0.1) is 0 Å². The Hall–Kier alpha value is -0.120. The average Bonchev–Trinajstić information content (AvgIpc) is 1.99. The summed E-state index contributed by atoms with van der Waals surface area (Å²) in [5.74, 6) is 7.07. The zero-order chi connectivity index (χ0) is 9.10. The summed E-state index contributed by atoms with van der Waals surface area (Å²) >= 11 is 0. The van der Waals surface area contributed by atoms with Gasteiger partial charge in [-0.05, 0) is 50.4 Å². The molecule has 0 aromatic heterocycles. The van der Waals surface area contributed by atoms with Gasteiger partial charge in [-0.3, -0.25) is 11.3 Å². The molecule has 0 saturated heterocycles. The minimum Gasteiger partial charge on any atom is -0.390 e. The van der Waals surface area contributed by atoms with Crippen LogP contribution in [0.1, 0.15) is 38.5 Å². The summed E-state index contributed by atoms with van der Waals surface area (Å²) in [6.07, 6.45) is 6.61. The van der Waals surface area contributed by atoms with Crippen molar-refractivity contribution in [3.63, 3.8) is 0 Å². The maximum absolute atomic E-state index is 10.3. The van der Waals surface area contributed by atoms with E-state index in [0.717, 1.165) is 31.1 Å². The molecule has 4 rings (SSSR count). The SMILES string of the molecule is NNC12CC3CC(CC(O)(C3)C1)C2. The monoisotopic (exact) mass is 182 g/mol. The third-order valence-electron chi connectivity index (χ3n) is 4.34. The maximum Gasteiger partial charge on any atom is 0.0671 e. The predicted molar refractivity (Wildman–Crippen MR) is 49.7 cm³/mol. The third-order valence-corrected chi connectivity index (χ3v) is 4.34. The quantitative estimate of drug-likeness (QED) is 0.409. The number of rotatable bonds is 1. The molecule has 3 nitrogen and oxygen atoms in total. The van der Waals surface area contributed by atoms with Gasteiger partial charge in [0.05, 0.1) is 5.60 Å². The van der Waals surface area contributed by atoms with Crippen molar-refractivity contribution in [1.82, 2.24) is 5.43 Å². The summed E-state index contributed by atoms with van der Waals surface area (Å²) in [6, 6.07) is 0. The smallest absolute Gasteiger partial charge is 0.0671 e. The molecular formula is C10H18N2O. The van der Waals surface area contributed by atoms with E-state index in [9.17, 15) is 5.11 Å². The Morgan fingerprint density at radius 1 is 1.15 bits per heavy atom. The summed E-state index contributed by atoms with van der Waals surface area (Å²) in [6.45, 7) is 0. The van der Waals surface area contributed by atoms with Crippen LogP contribution in [0.15, 0.2) is 0 Å². The van der Waals surface area contributed by atoms with Gasteiger partial charge in [-0.2, -0.15) is 0 Å². The van der Waals surface area contributed by atoms with Crippen LogP contribution in [0.3, 0.4) is 0 Å². The second kappa shape index (κ2) is 2.27. The van der Waals surface area contributed by atoms with Crippen molar-refractivity contribution in [2.24, 2.45) is 17.7 Å². The van der Waals surface area contributed by atoms with Crippen LogP contribution in [0.2, 0.25) is 0 Å². The van der Waals surface area contributed by atoms with Crippen molar-refractivity contribution < 1.29 is 5.11 Å². The number of hydrazine groups is 1. The zero-order valence-electron chi connectivity index (χ0n) is 7.92. The van der Waals surface area contributed by atoms with E-state index in [1.807, 2.05) is 0 Å². The van der Waals surface area contributed by atoms with Gasteiger partial charge in [0, 0.05) is 5.54 Å². The summed E-state index contributed by atoms with van der Waals surface area (Å²) in [5.41, 5.74) is 2.68. The zero-order valence-corrected chi connectivity index (χ0v) is 7.92. The van der Waals surface area contributed by atoms with Gasteiger partial charge in [0.2, 0.25) is 0 Å². The van der Waals surface area contributed by atoms with Crippen molar-refractivity contribution in [3.05, 3.63) is 0 Å². The van der Waals surface area contributed by atoms with E-state index in [1.165, 1.54) is 19.3 Å². The van der Waals surface area contributed by atoms with Gasteiger partial charge in [0.15, 0.2) is 0 Å². The highest BCUT2D eigenvalue weighted by Gasteiger charge is 2.56. The van der Waals surface area contributed by atoms with Crippen LogP contribution in [0.5, 0.6) is 0 Å². The Bertz CT molecular complexity index is 227. The van der Waals surface area contributed by atoms with Crippen molar-refractivity contribution >= 4 is 0 Å². The molecule has 0 spiro atoms. The van der Waals surface area contributed by atoms with Crippen LogP contribution in [-0.4, -0.2) is 16.2 Å². The molecule has 0 aliphatic heterocycles. The molecule has 0 heterocycles. The molecule has 4 bridgehead atoms. The third kappa shape index (κ3) is 1.07. The lowest BCUT2D eigenvalue weighted by molar-refractivity contribution is -0.142. The number of nitrogens with two attached hydrogens (primary N) is 1. The molecule has 4 fully saturated rings. The molecule has 0 aromatic rings. The van der Waals surface area contributed by atoms with Crippen molar-refractivity contribution in [3.8, 4) is 0 Å². The molecule has 74 valence electrons. The molecule has 3 heteroatoms. The number of aliphatic hydroxyl groups is 1. The van der Waals surface area contributed by atoms with E-state index in [4.69, 9.17) is 5.84 Å². The summed E-state index contributed by atoms with van der Waals surface area (Å²) in [5, 5.41) is 10.3. The molecular weight excluding hydrogens is 164 g/mol. The highest BCUT2D eigenvalue weighted by atomic mass is 16.3. The average molecular weight is 182 g/mol. The molecule has 2 atom stereocenters. The van der Waals surface area contributed by atoms with Crippen LogP contribution in [-0.2, 0) is 0 Å². The summed E-state index contributed by atoms with van der Waals surface area (Å²) in [4.78, 5) is 0. The standard InChI is InChI=1S/C10H18N2O/c11-12-9-2-7-1-8(3-9)5-10(13,4-7)6-9/h7-8,12-13H,1-6,11H2. The fourth-order valence-electron chi connectivity index (χ4n) is 4.38. The van der Waals surface area contributed by atoms with Crippen LogP contribution in [0.4, 0.5) is 0 Å². The van der Waals surface area contributed by atoms with Gasteiger partial charge >= 0.3 is 0 Å². The van der Waals surface area contributed by atoms with Gasteiger partial charge in [-0.25, -0.2) is 0 Å². The normalized spacial score (nSPS) is 58.6. The number of hydrogen-bond acceptors (Lipinski definition) is 3. The van der Waals surface area contributed by atoms with E-state index in [0.29, 0.717) is 0 Å². The Kier molecular flexibility index (Phi) is 1.43. The van der Waals surface area contributed by atoms with E-state index in [2.05, 4.69) is 5.43 Å². The fraction of sp³-hybridized carbons (Fsp3) is 1.00. The molecule has 0 radical (unpaired) electrons. The summed E-state index contributed by atoms with van der Waals surface area (Å²) < 4.78 is 0. The maximum atomic E-state index is 10.3. The van der Waals surface area contributed by atoms with Crippen LogP contribution in [0, 0.1) is 11.8 Å². The molecule has 2 unspecified atom stereocenters. The first kappa shape index (κ1) is 8.21. The number of nitrogens with one attached hydrogen (secondary N) is 1. The first-order chi connectivity index (χ1) is 6.13. The fourth-order valence-corrected chi connectivity index (χ4v) is 4.38. The molecule has 0 amide bonds. The van der Waals surface area contributed by atoms with E-state index < -0.39 is 0 Å². The lowest BCUT2D eigenvalue weighted by Gasteiger charge is -2.59. The van der Waals surface area contributed by atoms with Crippen molar-refractivity contribution in [1.29, 1.82) is 0 Å². The van der Waals surface area contributed by atoms with Crippen LogP contribution < -0.4 is 11.3 Å². The first-order valence-electron chi connectivity index (χ1n) is 5.33. The first-order valence-corrected chi connectivity index (χ1v) is 5.33. The second-order valence-corrected chi connectivity index (χ2v) is 5.61. The molecule has 0 aromatic carbocycles. The molecule has 4 N–H and O–H groups in total. The predicted octanol–water partition coefficient (Wildman–Crippen LogP) is 0.533. The van der Waals surface area contributed by atoms with Gasteiger partial charge in [-0.1, -0.05) is 0 Å². The van der Waals surface area contributed by atoms with Crippen molar-refractivity contribution in [2.75, 3.05) is 0 Å². The largest absolute Gasteiger partial charge is 0.390 e. The van der Waals surface area contributed by atoms with Gasteiger partial charge in [0.1, 0.15) is 0 Å². The Morgan fingerprint density at radius 3 is 2.23 bits per heavy atom. The van der Waals surface area contributed by atoms with Crippen LogP contribution >= 0.6 is 0 Å². The minimum absolute atomic E-state index is 0.0822. The molecule has 13 heavy (non-hydrogen) atoms. The van der Waals surface area contributed by atoms with E-state index in [-0.39, 0.29) is 11.1 Å². The molecule has 4 aliphatic rings. The lowest BCUT2D eigenvalue weighted by atomic mass is 9.51. The lowest BCUT2D eigenvalue weighted by Crippen LogP contribution is -2.66. The summed E-state index contributed by atoms with van der Waals surface area (Å²) in [7, 11) is 0. The van der Waals surface area contributed by atoms with E-state index in [1.54, 1.807) is 0 Å². The Balaban J connectivity index is 1.95. The highest BCUT2D eigenvalue weighted by molar-refractivity contribution is 5.11. The van der Waals surface area contributed by atoms with Crippen molar-refractivity contribution in [2.45, 2.75) is 49.7 Å². The minimum atomic E-state index is -0.379. The van der Waals surface area contributed by atoms with Gasteiger partial charge < -0.3 is 5.11 Å². The highest BCUT2D eigenvalue weighted by Crippen LogP contribution is 2.57. The topological polar surface area (TPSA) is 58.3 Å². The molecule has 4 saturated carbocycles. The van der Waals surface area contributed by atoms with Gasteiger partial charge in [0.25, 0.3) is 0 Å². The Morgan fingerprint density at radius 2 is 1.77 bits per heavy atom.